The SMILES string of the molecule is COc1ccc(N2C(=O)[C@@H]3C4c5ccccc5C(c5ccccc54)[C@@H]3[C@H]2OC)cc1. The van der Waals surface area contributed by atoms with Crippen LogP contribution in [0.2, 0.25) is 0 Å². The average Bonchev–Trinajstić information content (AvgIpc) is 3.11. The van der Waals surface area contributed by atoms with Gasteiger partial charge < -0.3 is 9.47 Å². The lowest BCUT2D eigenvalue weighted by Crippen LogP contribution is -2.43. The summed E-state index contributed by atoms with van der Waals surface area (Å²) in [5.74, 6) is 1.12. The fraction of sp³-hybridized carbons (Fsp3) is 0.269. The summed E-state index contributed by atoms with van der Waals surface area (Å²) in [5, 5.41) is 0. The molecular formula is C26H23NO3. The van der Waals surface area contributed by atoms with E-state index in [0.717, 1.165) is 11.4 Å². The van der Waals surface area contributed by atoms with Gasteiger partial charge in [0.05, 0.1) is 13.0 Å². The first-order valence-corrected chi connectivity index (χ1v) is 10.4. The van der Waals surface area contributed by atoms with Crippen LogP contribution in [0.3, 0.4) is 0 Å². The lowest BCUT2D eigenvalue weighted by atomic mass is 9.55. The first-order valence-electron chi connectivity index (χ1n) is 10.4. The molecule has 2 bridgehead atoms. The molecule has 4 heteroatoms. The van der Waals surface area contributed by atoms with Gasteiger partial charge in [0.1, 0.15) is 12.0 Å². The van der Waals surface area contributed by atoms with Gasteiger partial charge in [-0.3, -0.25) is 9.69 Å². The van der Waals surface area contributed by atoms with Crippen molar-refractivity contribution in [3.8, 4) is 5.75 Å². The molecule has 0 unspecified atom stereocenters. The minimum atomic E-state index is -0.301. The fourth-order valence-corrected chi connectivity index (χ4v) is 6.11. The predicted molar refractivity (Wildman–Crippen MR) is 115 cm³/mol. The molecule has 0 radical (unpaired) electrons. The summed E-state index contributed by atoms with van der Waals surface area (Å²) in [6.45, 7) is 0. The number of methoxy groups -OCH3 is 2. The molecule has 1 fully saturated rings. The van der Waals surface area contributed by atoms with Gasteiger partial charge in [-0.1, -0.05) is 48.5 Å². The van der Waals surface area contributed by atoms with Gasteiger partial charge in [-0.15, -0.1) is 0 Å². The van der Waals surface area contributed by atoms with E-state index < -0.39 is 0 Å². The van der Waals surface area contributed by atoms with Crippen molar-refractivity contribution in [1.29, 1.82) is 0 Å². The lowest BCUT2D eigenvalue weighted by Gasteiger charge is -2.47. The Morgan fingerprint density at radius 1 is 0.733 bits per heavy atom. The molecule has 150 valence electrons. The van der Waals surface area contributed by atoms with Crippen LogP contribution >= 0.6 is 0 Å². The minimum Gasteiger partial charge on any atom is -0.497 e. The Morgan fingerprint density at radius 3 is 1.77 bits per heavy atom. The maximum atomic E-state index is 13.9. The zero-order valence-electron chi connectivity index (χ0n) is 17.0. The zero-order valence-corrected chi connectivity index (χ0v) is 17.0. The van der Waals surface area contributed by atoms with Crippen LogP contribution in [0, 0.1) is 11.8 Å². The van der Waals surface area contributed by atoms with E-state index in [2.05, 4.69) is 48.5 Å². The summed E-state index contributed by atoms with van der Waals surface area (Å²) < 4.78 is 11.3. The molecule has 30 heavy (non-hydrogen) atoms. The maximum absolute atomic E-state index is 13.9. The number of carbonyl (C=O) groups is 1. The number of ether oxygens (including phenoxy) is 2. The molecule has 4 nitrogen and oxygen atoms in total. The monoisotopic (exact) mass is 397 g/mol. The van der Waals surface area contributed by atoms with Crippen LogP contribution in [0.25, 0.3) is 0 Å². The van der Waals surface area contributed by atoms with E-state index in [1.165, 1.54) is 22.3 Å². The zero-order chi connectivity index (χ0) is 20.4. The molecule has 3 aromatic rings. The summed E-state index contributed by atoms with van der Waals surface area (Å²) in [6, 6.07) is 24.9. The number of hydrogen-bond acceptors (Lipinski definition) is 3. The highest BCUT2D eigenvalue weighted by Crippen LogP contribution is 2.62. The van der Waals surface area contributed by atoms with Gasteiger partial charge in [-0.2, -0.15) is 0 Å². The number of carbonyl (C=O) groups excluding carboxylic acids is 1. The van der Waals surface area contributed by atoms with Crippen molar-refractivity contribution < 1.29 is 14.3 Å². The highest BCUT2D eigenvalue weighted by atomic mass is 16.5. The number of anilines is 1. The average molecular weight is 397 g/mol. The largest absolute Gasteiger partial charge is 0.497 e. The Balaban J connectivity index is 1.54. The lowest BCUT2D eigenvalue weighted by molar-refractivity contribution is -0.121. The Kier molecular flexibility index (Phi) is 3.81. The van der Waals surface area contributed by atoms with Crippen LogP contribution in [0.5, 0.6) is 5.75 Å². The van der Waals surface area contributed by atoms with Crippen LogP contribution in [-0.4, -0.2) is 26.4 Å². The molecule has 0 N–H and O–H groups in total. The van der Waals surface area contributed by atoms with Crippen molar-refractivity contribution in [3.05, 3.63) is 95.1 Å². The molecule has 3 aromatic carbocycles. The highest BCUT2D eigenvalue weighted by molar-refractivity contribution is 6.00. The Hall–Kier alpha value is -3.11. The first-order chi connectivity index (χ1) is 14.7. The maximum Gasteiger partial charge on any atom is 0.233 e. The molecule has 1 amide bonds. The van der Waals surface area contributed by atoms with Crippen LogP contribution in [-0.2, 0) is 9.53 Å². The number of hydrogen-bond donors (Lipinski definition) is 0. The van der Waals surface area contributed by atoms with Gasteiger partial charge in [0.15, 0.2) is 0 Å². The van der Waals surface area contributed by atoms with Crippen LogP contribution in [0.15, 0.2) is 72.8 Å². The third kappa shape index (κ3) is 2.17. The summed E-state index contributed by atoms with van der Waals surface area (Å²) >= 11 is 0. The van der Waals surface area contributed by atoms with Gasteiger partial charge >= 0.3 is 0 Å². The third-order valence-electron chi connectivity index (χ3n) is 7.19. The molecule has 3 atom stereocenters. The second kappa shape index (κ2) is 6.44. The number of nitrogens with zero attached hydrogens (tertiary/aromatic N) is 1. The van der Waals surface area contributed by atoms with Crippen molar-refractivity contribution in [2.45, 2.75) is 18.1 Å². The topological polar surface area (TPSA) is 38.8 Å². The van der Waals surface area contributed by atoms with E-state index >= 15 is 0 Å². The molecular weight excluding hydrogens is 374 g/mol. The number of benzene rings is 3. The summed E-state index contributed by atoms with van der Waals surface area (Å²) in [5.41, 5.74) is 6.13. The second-order valence-corrected chi connectivity index (χ2v) is 8.35. The molecule has 7 rings (SSSR count). The van der Waals surface area contributed by atoms with Crippen LogP contribution in [0.1, 0.15) is 34.1 Å². The third-order valence-corrected chi connectivity index (χ3v) is 7.19. The molecule has 1 heterocycles. The van der Waals surface area contributed by atoms with Crippen molar-refractivity contribution in [1.82, 2.24) is 0 Å². The highest BCUT2D eigenvalue weighted by Gasteiger charge is 2.61. The van der Waals surface area contributed by atoms with Gasteiger partial charge in [0.25, 0.3) is 0 Å². The smallest absolute Gasteiger partial charge is 0.233 e. The van der Waals surface area contributed by atoms with E-state index in [1.54, 1.807) is 14.2 Å². The van der Waals surface area contributed by atoms with E-state index in [1.807, 2.05) is 29.2 Å². The fourth-order valence-electron chi connectivity index (χ4n) is 6.11. The summed E-state index contributed by atoms with van der Waals surface area (Å²) in [6.07, 6.45) is -0.301. The van der Waals surface area contributed by atoms with Gasteiger partial charge in [0, 0.05) is 30.6 Å². The molecule has 1 aliphatic heterocycles. The van der Waals surface area contributed by atoms with Crippen LogP contribution < -0.4 is 9.64 Å². The molecule has 0 spiro atoms. The molecule has 4 aliphatic rings. The van der Waals surface area contributed by atoms with Crippen molar-refractivity contribution in [2.75, 3.05) is 19.1 Å². The van der Waals surface area contributed by atoms with Crippen LogP contribution in [0.4, 0.5) is 5.69 Å². The molecule has 0 aromatic heterocycles. The normalized spacial score (nSPS) is 28.1. The molecule has 0 saturated carbocycles. The second-order valence-electron chi connectivity index (χ2n) is 8.35. The van der Waals surface area contributed by atoms with Crippen molar-refractivity contribution in [2.24, 2.45) is 11.8 Å². The predicted octanol–water partition coefficient (Wildman–Crippen LogP) is 4.54. The van der Waals surface area contributed by atoms with E-state index in [4.69, 9.17) is 9.47 Å². The van der Waals surface area contributed by atoms with Gasteiger partial charge in [-0.25, -0.2) is 0 Å². The standard InChI is InChI=1S/C26H23NO3/c1-29-16-13-11-15(12-14-16)27-25(28)23-21-17-7-3-5-9-19(17)22(24(23)26(27)30-2)20-10-6-4-8-18(20)21/h3-14,21-24,26H,1-2H3/t21?,22?,23-,24+,26-/m1/s1. The number of rotatable bonds is 3. The van der Waals surface area contributed by atoms with Gasteiger partial charge in [0.2, 0.25) is 5.91 Å². The van der Waals surface area contributed by atoms with Crippen molar-refractivity contribution >= 4 is 11.6 Å². The van der Waals surface area contributed by atoms with E-state index in [9.17, 15) is 4.79 Å². The quantitative estimate of drug-likeness (QED) is 0.651. The Labute approximate surface area is 176 Å². The summed E-state index contributed by atoms with van der Waals surface area (Å²) in [7, 11) is 3.37. The van der Waals surface area contributed by atoms with E-state index in [0.29, 0.717) is 0 Å². The minimum absolute atomic E-state index is 0.0702. The van der Waals surface area contributed by atoms with Crippen molar-refractivity contribution in [3.63, 3.8) is 0 Å². The van der Waals surface area contributed by atoms with Gasteiger partial charge in [-0.05, 0) is 46.5 Å². The Morgan fingerprint density at radius 2 is 1.27 bits per heavy atom. The Bertz CT molecular complexity index is 1090. The first kappa shape index (κ1) is 17.7. The molecule has 1 saturated heterocycles. The molecule has 3 aliphatic carbocycles. The number of amides is 1. The summed E-state index contributed by atoms with van der Waals surface area (Å²) in [4.78, 5) is 15.8. The van der Waals surface area contributed by atoms with E-state index in [-0.39, 0.29) is 35.8 Å².